The monoisotopic (exact) mass is 427 g/mol. The molecule has 5 nitrogen and oxygen atoms in total. The second-order valence-corrected chi connectivity index (χ2v) is 6.97. The molecule has 0 spiro atoms. The van der Waals surface area contributed by atoms with Crippen molar-refractivity contribution in [2.24, 2.45) is 0 Å². The van der Waals surface area contributed by atoms with E-state index in [1.807, 2.05) is 0 Å². The molecule has 0 radical (unpaired) electrons. The number of rotatable bonds is 7. The zero-order valence-electron chi connectivity index (χ0n) is 14.2. The van der Waals surface area contributed by atoms with Crippen LogP contribution in [-0.4, -0.2) is 21.8 Å². The molecule has 0 bridgehead atoms. The van der Waals surface area contributed by atoms with Gasteiger partial charge in [-0.1, -0.05) is 34.6 Å². The van der Waals surface area contributed by atoms with Crippen molar-refractivity contribution >= 4 is 35.0 Å². The van der Waals surface area contributed by atoms with Gasteiger partial charge in [-0.25, -0.2) is 4.39 Å². The Morgan fingerprint density at radius 2 is 1.96 bits per heavy atom. The number of benzene rings is 2. The van der Waals surface area contributed by atoms with Crippen LogP contribution >= 0.6 is 23.4 Å². The number of hydrogen-bond donors (Lipinski definition) is 1. The number of carbonyl (C=O) groups excluding carboxylic acids is 1. The van der Waals surface area contributed by atoms with E-state index < -0.39 is 11.7 Å². The molecular weight excluding hydrogens is 415 g/mol. The number of carbonyl (C=O) groups is 1. The lowest BCUT2D eigenvalue weighted by atomic mass is 10.2. The Morgan fingerprint density at radius 1 is 1.21 bits per heavy atom. The van der Waals surface area contributed by atoms with Crippen LogP contribution in [0.4, 0.5) is 18.9 Å². The molecule has 0 aliphatic heterocycles. The molecule has 0 aliphatic carbocycles. The van der Waals surface area contributed by atoms with Gasteiger partial charge in [0.15, 0.2) is 0 Å². The third-order valence-corrected chi connectivity index (χ3v) is 4.87. The molecule has 146 valence electrons. The van der Waals surface area contributed by atoms with Crippen LogP contribution in [0.2, 0.25) is 5.02 Å². The highest BCUT2D eigenvalue weighted by molar-refractivity contribution is 7.99. The quantitative estimate of drug-likeness (QED) is 0.510. The first kappa shape index (κ1) is 20.2. The third-order valence-electron chi connectivity index (χ3n) is 3.58. The van der Waals surface area contributed by atoms with Crippen LogP contribution in [0.15, 0.2) is 51.9 Å². The Balaban J connectivity index is 1.61. The van der Waals surface area contributed by atoms with Crippen LogP contribution < -0.4 is 5.32 Å². The van der Waals surface area contributed by atoms with Crippen molar-refractivity contribution < 1.29 is 22.5 Å². The van der Waals surface area contributed by atoms with Gasteiger partial charge in [-0.2, -0.15) is 13.8 Å². The minimum absolute atomic E-state index is 0.00362. The number of aryl methyl sites for hydroxylation is 1. The molecule has 0 saturated carbocycles. The summed E-state index contributed by atoms with van der Waals surface area (Å²) in [5, 5.41) is 6.48. The van der Waals surface area contributed by atoms with Crippen molar-refractivity contribution in [3.8, 4) is 11.4 Å². The molecule has 10 heteroatoms. The van der Waals surface area contributed by atoms with Crippen LogP contribution in [0.25, 0.3) is 11.4 Å². The van der Waals surface area contributed by atoms with E-state index in [4.69, 9.17) is 16.1 Å². The zero-order valence-corrected chi connectivity index (χ0v) is 15.7. The van der Waals surface area contributed by atoms with Gasteiger partial charge in [-0.3, -0.25) is 4.79 Å². The first-order chi connectivity index (χ1) is 13.4. The van der Waals surface area contributed by atoms with Crippen molar-refractivity contribution in [2.75, 3.05) is 5.32 Å². The Labute approximate surface area is 167 Å². The third kappa shape index (κ3) is 5.26. The van der Waals surface area contributed by atoms with Gasteiger partial charge in [0.05, 0.1) is 15.6 Å². The fourth-order valence-electron chi connectivity index (χ4n) is 2.32. The number of amides is 1. The maximum absolute atomic E-state index is 13.0. The predicted octanol–water partition coefficient (Wildman–Crippen LogP) is 5.42. The number of halogens is 4. The van der Waals surface area contributed by atoms with E-state index in [9.17, 15) is 18.0 Å². The molecule has 0 unspecified atom stereocenters. The minimum Gasteiger partial charge on any atom is -0.339 e. The highest BCUT2D eigenvalue weighted by Gasteiger charge is 2.16. The summed E-state index contributed by atoms with van der Waals surface area (Å²) in [5.41, 5.74) is 0.786. The van der Waals surface area contributed by atoms with Gasteiger partial charge in [0, 0.05) is 18.4 Å². The molecule has 1 heterocycles. The fourth-order valence-corrected chi connectivity index (χ4v) is 3.23. The maximum Gasteiger partial charge on any atom is 0.289 e. The highest BCUT2D eigenvalue weighted by atomic mass is 35.5. The second kappa shape index (κ2) is 9.11. The van der Waals surface area contributed by atoms with E-state index in [-0.39, 0.29) is 57.7 Å². The molecule has 1 N–H and O–H groups in total. The topological polar surface area (TPSA) is 68.0 Å². The van der Waals surface area contributed by atoms with E-state index in [2.05, 4.69) is 15.5 Å². The summed E-state index contributed by atoms with van der Waals surface area (Å²) in [7, 11) is 0. The van der Waals surface area contributed by atoms with Gasteiger partial charge in [-0.15, -0.1) is 0 Å². The summed E-state index contributed by atoms with van der Waals surface area (Å²) in [6.07, 6.45) is 0.147. The fraction of sp³-hybridized carbons (Fsp3) is 0.167. The van der Waals surface area contributed by atoms with Crippen LogP contribution in [0.3, 0.4) is 0 Å². The number of hydrogen-bond acceptors (Lipinski definition) is 5. The average Bonchev–Trinajstić information content (AvgIpc) is 3.12. The number of thioether (sulfide) groups is 1. The molecule has 0 aliphatic rings. The van der Waals surface area contributed by atoms with Gasteiger partial charge >= 0.3 is 0 Å². The lowest BCUT2D eigenvalue weighted by Crippen LogP contribution is -2.13. The van der Waals surface area contributed by atoms with Crippen molar-refractivity contribution in [3.63, 3.8) is 0 Å². The van der Waals surface area contributed by atoms with Gasteiger partial charge in [0.2, 0.25) is 17.6 Å². The van der Waals surface area contributed by atoms with Gasteiger partial charge in [0.1, 0.15) is 5.82 Å². The van der Waals surface area contributed by atoms with Crippen molar-refractivity contribution in [1.29, 1.82) is 0 Å². The predicted molar refractivity (Wildman–Crippen MR) is 100.0 cm³/mol. The Bertz CT molecular complexity index is 967. The van der Waals surface area contributed by atoms with E-state index in [1.165, 1.54) is 36.4 Å². The van der Waals surface area contributed by atoms with E-state index >= 15 is 0 Å². The summed E-state index contributed by atoms with van der Waals surface area (Å²) >= 11 is 6.20. The number of aromatic nitrogens is 2. The SMILES string of the molecule is O=C(CCc1nc(-c2ccc(F)cc2)no1)Nc1cccc(Cl)c1SC(F)F. The van der Waals surface area contributed by atoms with Crippen molar-refractivity contribution in [3.05, 3.63) is 59.2 Å². The summed E-state index contributed by atoms with van der Waals surface area (Å²) in [6.45, 7) is 0. The molecule has 0 saturated heterocycles. The molecule has 3 rings (SSSR count). The number of nitrogens with one attached hydrogen (secondary N) is 1. The van der Waals surface area contributed by atoms with Crippen molar-refractivity contribution in [1.82, 2.24) is 10.1 Å². The summed E-state index contributed by atoms with van der Waals surface area (Å²) in [6, 6.07) is 10.1. The second-order valence-electron chi connectivity index (χ2n) is 5.56. The Hall–Kier alpha value is -2.52. The zero-order chi connectivity index (χ0) is 20.1. The summed E-state index contributed by atoms with van der Waals surface area (Å²) in [4.78, 5) is 16.4. The molecule has 2 aromatic carbocycles. The molecule has 0 atom stereocenters. The van der Waals surface area contributed by atoms with E-state index in [0.717, 1.165) is 0 Å². The normalized spacial score (nSPS) is 11.0. The van der Waals surface area contributed by atoms with Crippen LogP contribution in [-0.2, 0) is 11.2 Å². The number of nitrogens with zero attached hydrogens (tertiary/aromatic N) is 2. The molecule has 1 amide bonds. The van der Waals surface area contributed by atoms with Crippen LogP contribution in [0, 0.1) is 5.82 Å². The Kier molecular flexibility index (Phi) is 6.58. The van der Waals surface area contributed by atoms with Gasteiger partial charge in [-0.05, 0) is 36.4 Å². The van der Waals surface area contributed by atoms with Gasteiger partial charge in [0.25, 0.3) is 5.76 Å². The molecular formula is C18H13ClF3N3O2S. The maximum atomic E-state index is 13.0. The summed E-state index contributed by atoms with van der Waals surface area (Å²) in [5.74, 6) is -2.96. The largest absolute Gasteiger partial charge is 0.339 e. The van der Waals surface area contributed by atoms with Gasteiger partial charge < -0.3 is 9.84 Å². The molecule has 28 heavy (non-hydrogen) atoms. The lowest BCUT2D eigenvalue weighted by molar-refractivity contribution is -0.116. The van der Waals surface area contributed by atoms with Crippen LogP contribution in [0.5, 0.6) is 0 Å². The minimum atomic E-state index is -2.67. The smallest absolute Gasteiger partial charge is 0.289 e. The van der Waals surface area contributed by atoms with Crippen molar-refractivity contribution in [2.45, 2.75) is 23.5 Å². The average molecular weight is 428 g/mol. The molecule has 1 aromatic heterocycles. The molecule has 3 aromatic rings. The first-order valence-electron chi connectivity index (χ1n) is 8.04. The highest BCUT2D eigenvalue weighted by Crippen LogP contribution is 2.37. The number of anilines is 1. The van der Waals surface area contributed by atoms with Crippen LogP contribution in [0.1, 0.15) is 12.3 Å². The molecule has 0 fully saturated rings. The number of alkyl halides is 2. The van der Waals surface area contributed by atoms with E-state index in [0.29, 0.717) is 5.56 Å². The first-order valence-corrected chi connectivity index (χ1v) is 9.30. The van der Waals surface area contributed by atoms with E-state index in [1.54, 1.807) is 6.07 Å². The standard InChI is InChI=1S/C18H13ClF3N3O2S/c19-12-2-1-3-13(16(12)28-18(21)22)23-14(26)8-9-15-24-17(25-27-15)10-4-6-11(20)7-5-10/h1-7,18H,8-9H2,(H,23,26). The lowest BCUT2D eigenvalue weighted by Gasteiger charge is -2.11. The Morgan fingerprint density at radius 3 is 2.68 bits per heavy atom. The summed E-state index contributed by atoms with van der Waals surface area (Å²) < 4.78 is 43.4.